The third kappa shape index (κ3) is 6.38. The lowest BCUT2D eigenvalue weighted by atomic mass is 10.1. The van der Waals surface area contributed by atoms with Crippen molar-refractivity contribution in [2.75, 3.05) is 24.4 Å². The fourth-order valence-corrected chi connectivity index (χ4v) is 3.35. The number of halogens is 2. The van der Waals surface area contributed by atoms with Gasteiger partial charge in [-0.05, 0) is 48.0 Å². The van der Waals surface area contributed by atoms with Crippen LogP contribution in [-0.4, -0.2) is 25.5 Å². The molecule has 2 amide bonds. The fourth-order valence-electron chi connectivity index (χ4n) is 2.82. The predicted octanol–water partition coefficient (Wildman–Crippen LogP) is 5.20. The summed E-state index contributed by atoms with van der Waals surface area (Å²) in [5, 5.41) is 6.37. The zero-order chi connectivity index (χ0) is 22.2. The van der Waals surface area contributed by atoms with E-state index in [0.717, 1.165) is 0 Å². The van der Waals surface area contributed by atoms with Gasteiger partial charge < -0.3 is 20.1 Å². The molecule has 0 unspecified atom stereocenters. The molecule has 0 saturated heterocycles. The highest BCUT2D eigenvalue weighted by molar-refractivity contribution is 6.36. The number of hydrogen-bond acceptors (Lipinski definition) is 4. The molecule has 0 aliphatic rings. The third-order valence-electron chi connectivity index (χ3n) is 4.26. The smallest absolute Gasteiger partial charge is 0.262 e. The van der Waals surface area contributed by atoms with Crippen LogP contribution >= 0.6 is 23.2 Å². The second kappa shape index (κ2) is 10.7. The molecule has 0 aliphatic carbocycles. The maximum absolute atomic E-state index is 12.4. The monoisotopic (exact) mass is 458 g/mol. The van der Waals surface area contributed by atoms with E-state index in [1.807, 2.05) is 6.07 Å². The van der Waals surface area contributed by atoms with Gasteiger partial charge in [-0.2, -0.15) is 0 Å². The van der Waals surface area contributed by atoms with Crippen LogP contribution in [0.1, 0.15) is 5.56 Å². The lowest BCUT2D eigenvalue weighted by Gasteiger charge is -2.12. The number of ether oxygens (including phenoxy) is 2. The molecular weight excluding hydrogens is 439 g/mol. The van der Waals surface area contributed by atoms with Crippen LogP contribution in [0.3, 0.4) is 0 Å². The van der Waals surface area contributed by atoms with Crippen molar-refractivity contribution in [2.45, 2.75) is 6.42 Å². The van der Waals surface area contributed by atoms with E-state index in [0.29, 0.717) is 38.5 Å². The minimum atomic E-state index is -0.350. The third-order valence-corrected chi connectivity index (χ3v) is 4.97. The first kappa shape index (κ1) is 22.5. The van der Waals surface area contributed by atoms with Gasteiger partial charge in [-0.15, -0.1) is 0 Å². The molecule has 3 aromatic carbocycles. The molecule has 0 fully saturated rings. The van der Waals surface area contributed by atoms with Crippen molar-refractivity contribution in [3.8, 4) is 11.5 Å². The molecule has 8 heteroatoms. The van der Waals surface area contributed by atoms with Gasteiger partial charge in [-0.3, -0.25) is 9.59 Å². The van der Waals surface area contributed by atoms with Crippen LogP contribution < -0.4 is 20.1 Å². The molecule has 0 aromatic heterocycles. The Morgan fingerprint density at radius 3 is 2.03 bits per heavy atom. The van der Waals surface area contributed by atoms with Gasteiger partial charge >= 0.3 is 0 Å². The van der Waals surface area contributed by atoms with Crippen molar-refractivity contribution in [2.24, 2.45) is 0 Å². The van der Waals surface area contributed by atoms with Gasteiger partial charge in [0.15, 0.2) is 18.1 Å². The topological polar surface area (TPSA) is 76.7 Å². The van der Waals surface area contributed by atoms with Gasteiger partial charge in [0.05, 0.1) is 13.5 Å². The van der Waals surface area contributed by atoms with E-state index in [9.17, 15) is 9.59 Å². The Kier molecular flexibility index (Phi) is 7.76. The molecule has 0 aliphatic heterocycles. The van der Waals surface area contributed by atoms with Gasteiger partial charge in [-0.1, -0.05) is 47.5 Å². The van der Waals surface area contributed by atoms with E-state index in [-0.39, 0.29) is 24.8 Å². The van der Waals surface area contributed by atoms with E-state index < -0.39 is 0 Å². The van der Waals surface area contributed by atoms with Crippen molar-refractivity contribution >= 4 is 46.4 Å². The molecule has 0 bridgehead atoms. The van der Waals surface area contributed by atoms with Gasteiger partial charge in [0, 0.05) is 21.4 Å². The van der Waals surface area contributed by atoms with E-state index in [1.165, 1.54) is 7.11 Å². The molecule has 3 aromatic rings. The van der Waals surface area contributed by atoms with Gasteiger partial charge in [0.2, 0.25) is 5.91 Å². The number of anilines is 2. The van der Waals surface area contributed by atoms with Crippen LogP contribution in [0.25, 0.3) is 0 Å². The fraction of sp³-hybridized carbons (Fsp3) is 0.130. The largest absolute Gasteiger partial charge is 0.493 e. The predicted molar refractivity (Wildman–Crippen MR) is 122 cm³/mol. The summed E-state index contributed by atoms with van der Waals surface area (Å²) in [7, 11) is 1.53. The maximum atomic E-state index is 12.4. The van der Waals surface area contributed by atoms with E-state index >= 15 is 0 Å². The molecule has 2 N–H and O–H groups in total. The zero-order valence-electron chi connectivity index (χ0n) is 16.7. The molecule has 0 spiro atoms. The number of benzene rings is 3. The van der Waals surface area contributed by atoms with Crippen LogP contribution in [0.2, 0.25) is 10.0 Å². The molecule has 31 heavy (non-hydrogen) atoms. The summed E-state index contributed by atoms with van der Waals surface area (Å²) in [4.78, 5) is 24.6. The molecule has 0 saturated carbocycles. The summed E-state index contributed by atoms with van der Waals surface area (Å²) in [6.07, 6.45) is 0.0296. The number of carbonyl (C=O) groups is 2. The molecule has 160 valence electrons. The number of rotatable bonds is 8. The first-order chi connectivity index (χ1) is 15.0. The molecular formula is C23H20Cl2N2O4. The summed E-state index contributed by atoms with van der Waals surface area (Å²) in [5.74, 6) is 0.383. The van der Waals surface area contributed by atoms with Crippen molar-refractivity contribution in [3.63, 3.8) is 0 Å². The SMILES string of the molecule is COc1ccccc1OCC(=O)Nc1cccc(NC(=O)Cc2c(Cl)cccc2Cl)c1. The maximum Gasteiger partial charge on any atom is 0.262 e. The minimum Gasteiger partial charge on any atom is -0.493 e. The van der Waals surface area contributed by atoms with E-state index in [1.54, 1.807) is 60.7 Å². The van der Waals surface area contributed by atoms with Crippen LogP contribution in [0.15, 0.2) is 66.7 Å². The Labute approximate surface area is 190 Å². The molecule has 0 heterocycles. The van der Waals surface area contributed by atoms with Crippen LogP contribution in [0.4, 0.5) is 11.4 Å². The summed E-state index contributed by atoms with van der Waals surface area (Å²) in [6.45, 7) is -0.192. The number of para-hydroxylation sites is 2. The van der Waals surface area contributed by atoms with E-state index in [2.05, 4.69) is 10.6 Å². The Hall–Kier alpha value is -3.22. The summed E-state index contributed by atoms with van der Waals surface area (Å²) in [6, 6.07) is 18.9. The molecule has 0 atom stereocenters. The average molecular weight is 459 g/mol. The quantitative estimate of drug-likeness (QED) is 0.486. The van der Waals surface area contributed by atoms with Crippen molar-refractivity contribution in [1.82, 2.24) is 0 Å². The second-order valence-electron chi connectivity index (χ2n) is 6.49. The summed E-state index contributed by atoms with van der Waals surface area (Å²) in [5.41, 5.74) is 1.60. The minimum absolute atomic E-state index is 0.0296. The Bertz CT molecular complexity index is 1070. The molecule has 3 rings (SSSR count). The summed E-state index contributed by atoms with van der Waals surface area (Å²) >= 11 is 12.2. The summed E-state index contributed by atoms with van der Waals surface area (Å²) < 4.78 is 10.7. The van der Waals surface area contributed by atoms with Gasteiger partial charge in [0.25, 0.3) is 5.91 Å². The lowest BCUT2D eigenvalue weighted by Crippen LogP contribution is -2.20. The van der Waals surface area contributed by atoms with Crippen LogP contribution in [-0.2, 0) is 16.0 Å². The van der Waals surface area contributed by atoms with Crippen molar-refractivity contribution in [3.05, 3.63) is 82.3 Å². The number of hydrogen-bond donors (Lipinski definition) is 2. The normalized spacial score (nSPS) is 10.3. The Morgan fingerprint density at radius 1 is 0.806 bits per heavy atom. The van der Waals surface area contributed by atoms with Gasteiger partial charge in [-0.25, -0.2) is 0 Å². The van der Waals surface area contributed by atoms with Crippen molar-refractivity contribution < 1.29 is 19.1 Å². The van der Waals surface area contributed by atoms with Crippen LogP contribution in [0, 0.1) is 0 Å². The number of carbonyl (C=O) groups excluding carboxylic acids is 2. The number of nitrogens with one attached hydrogen (secondary N) is 2. The molecule has 6 nitrogen and oxygen atoms in total. The second-order valence-corrected chi connectivity index (χ2v) is 7.31. The Morgan fingerprint density at radius 2 is 1.39 bits per heavy atom. The van der Waals surface area contributed by atoms with Crippen molar-refractivity contribution in [1.29, 1.82) is 0 Å². The zero-order valence-corrected chi connectivity index (χ0v) is 18.2. The highest BCUT2D eigenvalue weighted by Gasteiger charge is 2.12. The molecule has 0 radical (unpaired) electrons. The Balaban J connectivity index is 1.57. The number of methoxy groups -OCH3 is 1. The number of amides is 2. The first-order valence-electron chi connectivity index (χ1n) is 9.34. The first-order valence-corrected chi connectivity index (χ1v) is 10.1. The average Bonchev–Trinajstić information content (AvgIpc) is 2.75. The van der Waals surface area contributed by atoms with Crippen LogP contribution in [0.5, 0.6) is 11.5 Å². The highest BCUT2D eigenvalue weighted by Crippen LogP contribution is 2.26. The lowest BCUT2D eigenvalue weighted by molar-refractivity contribution is -0.118. The highest BCUT2D eigenvalue weighted by atomic mass is 35.5. The standard InChI is InChI=1S/C23H20Cl2N2O4/c1-30-20-10-2-3-11-21(20)31-14-23(29)27-16-7-4-6-15(12-16)26-22(28)13-17-18(24)8-5-9-19(17)25/h2-12H,13-14H2,1H3,(H,26,28)(H,27,29). The van der Waals surface area contributed by atoms with Gasteiger partial charge in [0.1, 0.15) is 0 Å². The van der Waals surface area contributed by atoms with E-state index in [4.69, 9.17) is 32.7 Å².